The lowest BCUT2D eigenvalue weighted by molar-refractivity contribution is 0.170. The quantitative estimate of drug-likeness (QED) is 0.830. The average Bonchev–Trinajstić information content (AvgIpc) is 2.55. The third-order valence-electron chi connectivity index (χ3n) is 4.88. The van der Waals surface area contributed by atoms with E-state index in [1.165, 1.54) is 58.3 Å². The number of rotatable bonds is 3. The molecule has 1 aliphatic carbocycles. The van der Waals surface area contributed by atoms with Crippen molar-refractivity contribution in [2.24, 2.45) is 17.8 Å². The minimum atomic E-state index is 0.702. The van der Waals surface area contributed by atoms with E-state index >= 15 is 0 Å². The zero-order valence-corrected chi connectivity index (χ0v) is 12.6. The van der Waals surface area contributed by atoms with Gasteiger partial charge >= 0.3 is 0 Å². The molecule has 0 aromatic rings. The molecule has 1 heterocycles. The molecule has 106 valence electrons. The monoisotopic (exact) mass is 252 g/mol. The van der Waals surface area contributed by atoms with Crippen LogP contribution in [0.4, 0.5) is 0 Å². The summed E-state index contributed by atoms with van der Waals surface area (Å²) >= 11 is 0. The molecular formula is C16H32N2. The third-order valence-corrected chi connectivity index (χ3v) is 4.88. The number of hydrogen-bond donors (Lipinski definition) is 1. The van der Waals surface area contributed by atoms with E-state index in [0.717, 1.165) is 17.8 Å². The summed E-state index contributed by atoms with van der Waals surface area (Å²) in [6.07, 6.45) is 7.20. The zero-order valence-electron chi connectivity index (χ0n) is 12.6. The van der Waals surface area contributed by atoms with E-state index in [-0.39, 0.29) is 0 Å². The Hall–Kier alpha value is -0.0800. The maximum absolute atomic E-state index is 3.72. The Morgan fingerprint density at radius 2 is 2.06 bits per heavy atom. The van der Waals surface area contributed by atoms with E-state index in [1.54, 1.807) is 0 Å². The molecule has 2 heteroatoms. The molecule has 18 heavy (non-hydrogen) atoms. The topological polar surface area (TPSA) is 15.3 Å². The SMILES string of the molecule is CC1CCCC(CN2CCCNC(C(C)C)C2)C1. The summed E-state index contributed by atoms with van der Waals surface area (Å²) in [6.45, 7) is 12.3. The first-order chi connectivity index (χ1) is 8.65. The fourth-order valence-electron chi connectivity index (χ4n) is 3.73. The Balaban J connectivity index is 1.83. The van der Waals surface area contributed by atoms with Gasteiger partial charge in [-0.1, -0.05) is 33.6 Å². The van der Waals surface area contributed by atoms with Crippen molar-refractivity contribution >= 4 is 0 Å². The van der Waals surface area contributed by atoms with Crippen molar-refractivity contribution in [1.29, 1.82) is 0 Å². The van der Waals surface area contributed by atoms with E-state index in [0.29, 0.717) is 6.04 Å². The summed E-state index contributed by atoms with van der Waals surface area (Å²) in [5.74, 6) is 2.70. The lowest BCUT2D eigenvalue weighted by atomic mass is 9.82. The summed E-state index contributed by atoms with van der Waals surface area (Å²) in [4.78, 5) is 2.74. The van der Waals surface area contributed by atoms with Gasteiger partial charge in [-0.3, -0.25) is 0 Å². The molecular weight excluding hydrogens is 220 g/mol. The first-order valence-electron chi connectivity index (χ1n) is 8.11. The van der Waals surface area contributed by atoms with Crippen molar-refractivity contribution in [2.75, 3.05) is 26.2 Å². The predicted octanol–water partition coefficient (Wildman–Crippen LogP) is 3.13. The first-order valence-corrected chi connectivity index (χ1v) is 8.11. The van der Waals surface area contributed by atoms with Crippen molar-refractivity contribution < 1.29 is 0 Å². The summed E-state index contributed by atoms with van der Waals surface area (Å²) in [7, 11) is 0. The molecule has 2 fully saturated rings. The molecule has 3 atom stereocenters. The van der Waals surface area contributed by atoms with Crippen LogP contribution in [-0.2, 0) is 0 Å². The molecule has 0 bridgehead atoms. The Morgan fingerprint density at radius 1 is 1.22 bits per heavy atom. The van der Waals surface area contributed by atoms with Gasteiger partial charge in [-0.25, -0.2) is 0 Å². The molecule has 2 aliphatic rings. The molecule has 1 aliphatic heterocycles. The molecule has 1 saturated carbocycles. The standard InChI is InChI=1S/C16H32N2/c1-13(2)16-12-18(9-5-8-17-16)11-15-7-4-6-14(3)10-15/h13-17H,4-12H2,1-3H3. The largest absolute Gasteiger partial charge is 0.312 e. The Labute approximate surface area is 114 Å². The van der Waals surface area contributed by atoms with Gasteiger partial charge in [0.1, 0.15) is 0 Å². The van der Waals surface area contributed by atoms with Gasteiger partial charge in [-0.2, -0.15) is 0 Å². The maximum atomic E-state index is 3.72. The minimum Gasteiger partial charge on any atom is -0.312 e. The van der Waals surface area contributed by atoms with Crippen molar-refractivity contribution in [3.8, 4) is 0 Å². The Morgan fingerprint density at radius 3 is 2.78 bits per heavy atom. The molecule has 2 rings (SSSR count). The zero-order chi connectivity index (χ0) is 13.0. The Kier molecular flexibility index (Phi) is 5.50. The Bertz CT molecular complexity index is 239. The molecule has 0 aromatic carbocycles. The third kappa shape index (κ3) is 4.24. The van der Waals surface area contributed by atoms with Crippen LogP contribution in [0, 0.1) is 17.8 Å². The maximum Gasteiger partial charge on any atom is 0.0217 e. The van der Waals surface area contributed by atoms with Gasteiger partial charge in [-0.05, 0) is 50.1 Å². The highest BCUT2D eigenvalue weighted by atomic mass is 15.2. The van der Waals surface area contributed by atoms with Crippen LogP contribution < -0.4 is 5.32 Å². The first kappa shape index (κ1) is 14.3. The van der Waals surface area contributed by atoms with Crippen molar-refractivity contribution in [3.05, 3.63) is 0 Å². The highest BCUT2D eigenvalue weighted by molar-refractivity contribution is 4.81. The molecule has 3 unspecified atom stereocenters. The summed E-state index contributed by atoms with van der Waals surface area (Å²) in [5.41, 5.74) is 0. The molecule has 0 spiro atoms. The van der Waals surface area contributed by atoms with Crippen molar-refractivity contribution in [3.63, 3.8) is 0 Å². The number of nitrogens with zero attached hydrogens (tertiary/aromatic N) is 1. The van der Waals surface area contributed by atoms with Crippen molar-refractivity contribution in [2.45, 2.75) is 58.9 Å². The van der Waals surface area contributed by atoms with Crippen LogP contribution in [0.3, 0.4) is 0 Å². The van der Waals surface area contributed by atoms with Crippen molar-refractivity contribution in [1.82, 2.24) is 10.2 Å². The van der Waals surface area contributed by atoms with E-state index in [1.807, 2.05) is 0 Å². The lowest BCUT2D eigenvalue weighted by Crippen LogP contribution is -2.43. The van der Waals surface area contributed by atoms with E-state index in [9.17, 15) is 0 Å². The van der Waals surface area contributed by atoms with Gasteiger partial charge in [0.05, 0.1) is 0 Å². The summed E-state index contributed by atoms with van der Waals surface area (Å²) in [6, 6.07) is 0.702. The van der Waals surface area contributed by atoms with Gasteiger partial charge in [0.25, 0.3) is 0 Å². The number of hydrogen-bond acceptors (Lipinski definition) is 2. The second kappa shape index (κ2) is 6.91. The van der Waals surface area contributed by atoms with Crippen LogP contribution in [0.1, 0.15) is 52.9 Å². The highest BCUT2D eigenvalue weighted by Gasteiger charge is 2.24. The molecule has 0 aromatic heterocycles. The molecule has 0 amide bonds. The molecule has 0 radical (unpaired) electrons. The van der Waals surface area contributed by atoms with Gasteiger partial charge in [-0.15, -0.1) is 0 Å². The summed E-state index contributed by atoms with van der Waals surface area (Å²) in [5, 5.41) is 3.72. The van der Waals surface area contributed by atoms with Crippen LogP contribution in [0.25, 0.3) is 0 Å². The summed E-state index contributed by atoms with van der Waals surface area (Å²) < 4.78 is 0. The van der Waals surface area contributed by atoms with E-state index < -0.39 is 0 Å². The van der Waals surface area contributed by atoms with Crippen LogP contribution in [-0.4, -0.2) is 37.1 Å². The molecule has 1 saturated heterocycles. The molecule has 2 nitrogen and oxygen atoms in total. The van der Waals surface area contributed by atoms with Crippen LogP contribution in [0.2, 0.25) is 0 Å². The van der Waals surface area contributed by atoms with Crippen LogP contribution in [0.15, 0.2) is 0 Å². The van der Waals surface area contributed by atoms with E-state index in [2.05, 4.69) is 31.0 Å². The average molecular weight is 252 g/mol. The van der Waals surface area contributed by atoms with Gasteiger partial charge in [0, 0.05) is 19.1 Å². The smallest absolute Gasteiger partial charge is 0.0217 e. The second-order valence-electron chi connectivity index (χ2n) is 7.06. The fourth-order valence-corrected chi connectivity index (χ4v) is 3.73. The van der Waals surface area contributed by atoms with Crippen LogP contribution >= 0.6 is 0 Å². The van der Waals surface area contributed by atoms with Crippen LogP contribution in [0.5, 0.6) is 0 Å². The fraction of sp³-hybridized carbons (Fsp3) is 1.00. The van der Waals surface area contributed by atoms with Gasteiger partial charge in [0.2, 0.25) is 0 Å². The highest BCUT2D eigenvalue weighted by Crippen LogP contribution is 2.29. The normalized spacial score (nSPS) is 35.7. The molecule has 1 N–H and O–H groups in total. The number of nitrogens with one attached hydrogen (secondary N) is 1. The lowest BCUT2D eigenvalue weighted by Gasteiger charge is -2.33. The minimum absolute atomic E-state index is 0.702. The predicted molar refractivity (Wildman–Crippen MR) is 78.8 cm³/mol. The van der Waals surface area contributed by atoms with Gasteiger partial charge in [0.15, 0.2) is 0 Å². The second-order valence-corrected chi connectivity index (χ2v) is 7.06. The van der Waals surface area contributed by atoms with Gasteiger partial charge < -0.3 is 10.2 Å². The van der Waals surface area contributed by atoms with E-state index in [4.69, 9.17) is 0 Å².